The second-order valence-corrected chi connectivity index (χ2v) is 7.52. The molecule has 0 aliphatic heterocycles. The van der Waals surface area contributed by atoms with E-state index in [4.69, 9.17) is 4.74 Å². The van der Waals surface area contributed by atoms with Crippen molar-refractivity contribution in [1.82, 2.24) is 21.3 Å². The van der Waals surface area contributed by atoms with Gasteiger partial charge in [-0.05, 0) is 32.3 Å². The maximum atomic E-state index is 13.0. The smallest absolute Gasteiger partial charge is 0.249 e. The van der Waals surface area contributed by atoms with Crippen molar-refractivity contribution in [1.29, 1.82) is 0 Å². The van der Waals surface area contributed by atoms with Crippen LogP contribution in [0.4, 0.5) is 0 Å². The Morgan fingerprint density at radius 1 is 1.07 bits per heavy atom. The fourth-order valence-corrected chi connectivity index (χ4v) is 3.33. The predicted molar refractivity (Wildman–Crippen MR) is 110 cm³/mol. The third kappa shape index (κ3) is 5.56. The number of carbonyl (C=O) groups is 4. The van der Waals surface area contributed by atoms with Gasteiger partial charge in [0.2, 0.25) is 23.6 Å². The summed E-state index contributed by atoms with van der Waals surface area (Å²) >= 11 is 0. The largest absolute Gasteiger partial charge is 0.371 e. The molecule has 4 atom stereocenters. The van der Waals surface area contributed by atoms with Crippen LogP contribution in [0.1, 0.15) is 39.2 Å². The zero-order valence-corrected chi connectivity index (χ0v) is 17.8. The van der Waals surface area contributed by atoms with E-state index in [1.54, 1.807) is 6.92 Å². The lowest BCUT2D eigenvalue weighted by molar-refractivity contribution is -0.155. The highest BCUT2D eigenvalue weighted by atomic mass is 16.5. The molecule has 9 nitrogen and oxygen atoms in total. The second-order valence-electron chi connectivity index (χ2n) is 7.52. The van der Waals surface area contributed by atoms with Gasteiger partial charge in [-0.1, -0.05) is 30.3 Å². The van der Waals surface area contributed by atoms with Crippen molar-refractivity contribution in [3.05, 3.63) is 35.9 Å². The van der Waals surface area contributed by atoms with Crippen LogP contribution >= 0.6 is 0 Å². The molecule has 0 heterocycles. The molecule has 1 aromatic rings. The Morgan fingerprint density at radius 2 is 1.70 bits per heavy atom. The normalized spacial score (nSPS) is 22.1. The first-order valence-electron chi connectivity index (χ1n) is 9.96. The van der Waals surface area contributed by atoms with E-state index >= 15 is 0 Å². The third-order valence-corrected chi connectivity index (χ3v) is 5.19. The average molecular weight is 418 g/mol. The van der Waals surface area contributed by atoms with E-state index < -0.39 is 35.5 Å². The molecule has 4 amide bonds. The number of ether oxygens (including phenoxy) is 1. The topological polar surface area (TPSA) is 126 Å². The summed E-state index contributed by atoms with van der Waals surface area (Å²) in [6.45, 7) is 4.70. The molecule has 30 heavy (non-hydrogen) atoms. The Kier molecular flexibility index (Phi) is 7.93. The number of amides is 4. The second kappa shape index (κ2) is 10.2. The van der Waals surface area contributed by atoms with Gasteiger partial charge in [-0.25, -0.2) is 0 Å². The third-order valence-electron chi connectivity index (χ3n) is 5.19. The SMILES string of the molecule is CNC(=O)[C@H](C)NC(=O)[C@H](C)NC(=O)[C@]1(NC(C)=O)CC[C@@H]1OCc1ccccc1. The van der Waals surface area contributed by atoms with Gasteiger partial charge in [0, 0.05) is 14.0 Å². The van der Waals surface area contributed by atoms with Gasteiger partial charge in [0.05, 0.1) is 12.7 Å². The predicted octanol–water partition coefficient (Wildman–Crippen LogP) is -0.00410. The Bertz CT molecular complexity index is 785. The number of likely N-dealkylation sites (N-methyl/N-ethyl adjacent to an activating group) is 1. The summed E-state index contributed by atoms with van der Waals surface area (Å²) in [4.78, 5) is 48.7. The number of hydrogen-bond acceptors (Lipinski definition) is 5. The molecule has 0 aromatic heterocycles. The van der Waals surface area contributed by atoms with Gasteiger partial charge in [-0.3, -0.25) is 19.2 Å². The highest BCUT2D eigenvalue weighted by molar-refractivity contribution is 5.96. The van der Waals surface area contributed by atoms with Crippen LogP contribution < -0.4 is 21.3 Å². The first-order chi connectivity index (χ1) is 14.2. The van der Waals surface area contributed by atoms with E-state index in [2.05, 4.69) is 21.3 Å². The van der Waals surface area contributed by atoms with Gasteiger partial charge in [0.15, 0.2) is 0 Å². The first kappa shape index (κ1) is 23.3. The number of benzene rings is 1. The Balaban J connectivity index is 2.03. The molecule has 1 aliphatic rings. The molecule has 4 N–H and O–H groups in total. The maximum Gasteiger partial charge on any atom is 0.249 e. The summed E-state index contributed by atoms with van der Waals surface area (Å²) in [6.07, 6.45) is 0.497. The van der Waals surface area contributed by atoms with E-state index in [9.17, 15) is 19.2 Å². The molecule has 1 aliphatic carbocycles. The highest BCUT2D eigenvalue weighted by Crippen LogP contribution is 2.36. The fourth-order valence-electron chi connectivity index (χ4n) is 3.33. The van der Waals surface area contributed by atoms with Gasteiger partial charge in [0.1, 0.15) is 17.6 Å². The van der Waals surface area contributed by atoms with Gasteiger partial charge in [-0.2, -0.15) is 0 Å². The van der Waals surface area contributed by atoms with Crippen molar-refractivity contribution < 1.29 is 23.9 Å². The van der Waals surface area contributed by atoms with Crippen molar-refractivity contribution >= 4 is 23.6 Å². The van der Waals surface area contributed by atoms with E-state index in [-0.39, 0.29) is 11.8 Å². The Morgan fingerprint density at radius 3 is 2.23 bits per heavy atom. The molecule has 164 valence electrons. The van der Waals surface area contributed by atoms with Crippen LogP contribution in [-0.4, -0.2) is 54.4 Å². The molecule has 1 fully saturated rings. The lowest BCUT2D eigenvalue weighted by Gasteiger charge is -2.48. The van der Waals surface area contributed by atoms with Crippen molar-refractivity contribution in [2.75, 3.05) is 7.05 Å². The molecule has 9 heteroatoms. The standard InChI is InChI=1S/C21H30N4O5/c1-13(18(27)22-4)23-19(28)14(2)24-20(29)21(25-15(3)26)11-10-17(21)30-12-16-8-6-5-7-9-16/h5-9,13-14,17H,10-12H2,1-4H3,(H,22,27)(H,23,28)(H,24,29)(H,25,26)/t13-,14-,17-,21-/m0/s1. The van der Waals surface area contributed by atoms with Crippen LogP contribution in [0.2, 0.25) is 0 Å². The lowest BCUT2D eigenvalue weighted by Crippen LogP contribution is -2.72. The molecule has 2 rings (SSSR count). The van der Waals surface area contributed by atoms with Crippen LogP contribution in [0, 0.1) is 0 Å². The van der Waals surface area contributed by atoms with E-state index in [0.717, 1.165) is 5.56 Å². The zero-order valence-electron chi connectivity index (χ0n) is 17.8. The minimum absolute atomic E-state index is 0.305. The molecule has 1 aromatic carbocycles. The quantitative estimate of drug-likeness (QED) is 0.449. The van der Waals surface area contributed by atoms with Crippen LogP contribution in [-0.2, 0) is 30.5 Å². The van der Waals surface area contributed by atoms with Crippen LogP contribution in [0.3, 0.4) is 0 Å². The number of rotatable bonds is 9. The van der Waals surface area contributed by atoms with Crippen molar-refractivity contribution in [3.8, 4) is 0 Å². The summed E-state index contributed by atoms with van der Waals surface area (Å²) in [5.41, 5.74) is -0.279. The molecule has 0 saturated heterocycles. The summed E-state index contributed by atoms with van der Waals surface area (Å²) in [5.74, 6) is -1.69. The van der Waals surface area contributed by atoms with Gasteiger partial charge in [-0.15, -0.1) is 0 Å². The summed E-state index contributed by atoms with van der Waals surface area (Å²) in [7, 11) is 1.47. The van der Waals surface area contributed by atoms with Gasteiger partial charge < -0.3 is 26.0 Å². The first-order valence-corrected chi connectivity index (χ1v) is 9.96. The fraction of sp³-hybridized carbons (Fsp3) is 0.524. The molecule has 0 unspecified atom stereocenters. The van der Waals surface area contributed by atoms with Crippen molar-refractivity contribution in [2.24, 2.45) is 0 Å². The average Bonchev–Trinajstić information content (AvgIpc) is 2.70. The van der Waals surface area contributed by atoms with Gasteiger partial charge >= 0.3 is 0 Å². The minimum Gasteiger partial charge on any atom is -0.371 e. The number of hydrogen-bond donors (Lipinski definition) is 4. The summed E-state index contributed by atoms with van der Waals surface area (Å²) < 4.78 is 5.93. The van der Waals surface area contributed by atoms with Crippen molar-refractivity contribution in [3.63, 3.8) is 0 Å². The molecule has 0 bridgehead atoms. The summed E-state index contributed by atoms with van der Waals surface area (Å²) in [6, 6.07) is 7.89. The van der Waals surface area contributed by atoms with Crippen LogP contribution in [0.25, 0.3) is 0 Å². The van der Waals surface area contributed by atoms with Crippen LogP contribution in [0.15, 0.2) is 30.3 Å². The van der Waals surface area contributed by atoms with E-state index in [1.165, 1.54) is 20.9 Å². The minimum atomic E-state index is -1.23. The Labute approximate surface area is 176 Å². The van der Waals surface area contributed by atoms with E-state index in [0.29, 0.717) is 19.4 Å². The Hall–Kier alpha value is -2.94. The van der Waals surface area contributed by atoms with Gasteiger partial charge in [0.25, 0.3) is 0 Å². The number of nitrogens with one attached hydrogen (secondary N) is 4. The molecule has 0 radical (unpaired) electrons. The summed E-state index contributed by atoms with van der Waals surface area (Å²) in [5, 5.41) is 10.3. The lowest BCUT2D eigenvalue weighted by atomic mass is 9.72. The number of carbonyl (C=O) groups excluding carboxylic acids is 4. The zero-order chi connectivity index (χ0) is 22.3. The molecule has 0 spiro atoms. The van der Waals surface area contributed by atoms with Crippen LogP contribution in [0.5, 0.6) is 0 Å². The maximum absolute atomic E-state index is 13.0. The molecular formula is C21H30N4O5. The van der Waals surface area contributed by atoms with E-state index in [1.807, 2.05) is 30.3 Å². The molecular weight excluding hydrogens is 388 g/mol. The molecule has 1 saturated carbocycles. The highest BCUT2D eigenvalue weighted by Gasteiger charge is 2.54. The monoisotopic (exact) mass is 418 g/mol. The van der Waals surface area contributed by atoms with Crippen molar-refractivity contribution in [2.45, 2.75) is 63.9 Å².